The first-order valence-electron chi connectivity index (χ1n) is 5.80. The largest absolute Gasteiger partial charge is 0.479 e. The van der Waals surface area contributed by atoms with Crippen LogP contribution in [-0.4, -0.2) is 22.2 Å². The van der Waals surface area contributed by atoms with E-state index in [0.717, 1.165) is 5.69 Å². The van der Waals surface area contributed by atoms with Gasteiger partial charge in [-0.15, -0.1) is 0 Å². The molecule has 2 aromatic rings. The maximum atomic E-state index is 11.9. The number of aryl methyl sites for hydroxylation is 1. The van der Waals surface area contributed by atoms with Crippen molar-refractivity contribution in [2.45, 2.75) is 20.0 Å². The first-order valence-corrected chi connectivity index (χ1v) is 6.18. The highest BCUT2D eigenvalue weighted by molar-refractivity contribution is 6.32. The Morgan fingerprint density at radius 2 is 2.21 bits per heavy atom. The fourth-order valence-corrected chi connectivity index (χ4v) is 1.67. The number of rotatable bonds is 4. The van der Waals surface area contributed by atoms with Gasteiger partial charge in [-0.3, -0.25) is 9.89 Å². The molecular formula is C13H14ClN3O2. The Balaban J connectivity index is 1.98. The number of nitrogens with one attached hydrogen (secondary N) is 2. The van der Waals surface area contributed by atoms with Crippen LogP contribution >= 0.6 is 11.6 Å². The molecule has 0 aliphatic rings. The topological polar surface area (TPSA) is 67.0 Å². The van der Waals surface area contributed by atoms with Crippen molar-refractivity contribution in [1.29, 1.82) is 0 Å². The Kier molecular flexibility index (Phi) is 4.06. The van der Waals surface area contributed by atoms with Crippen molar-refractivity contribution in [2.75, 3.05) is 5.32 Å². The van der Waals surface area contributed by atoms with E-state index in [0.29, 0.717) is 16.6 Å². The van der Waals surface area contributed by atoms with Gasteiger partial charge >= 0.3 is 0 Å². The molecule has 0 fully saturated rings. The summed E-state index contributed by atoms with van der Waals surface area (Å²) in [7, 11) is 0. The van der Waals surface area contributed by atoms with E-state index in [1.54, 1.807) is 37.3 Å². The number of amides is 1. The molecule has 19 heavy (non-hydrogen) atoms. The van der Waals surface area contributed by atoms with Crippen LogP contribution in [0.25, 0.3) is 0 Å². The number of nitrogens with zero attached hydrogens (tertiary/aromatic N) is 1. The second-order valence-corrected chi connectivity index (χ2v) is 4.52. The number of ether oxygens (including phenoxy) is 1. The molecule has 0 aliphatic carbocycles. The zero-order valence-corrected chi connectivity index (χ0v) is 11.4. The van der Waals surface area contributed by atoms with Crippen molar-refractivity contribution in [3.8, 4) is 5.75 Å². The van der Waals surface area contributed by atoms with Crippen LogP contribution in [0.5, 0.6) is 5.75 Å². The highest BCUT2D eigenvalue weighted by Gasteiger charge is 2.16. The minimum absolute atomic E-state index is 0.286. The lowest BCUT2D eigenvalue weighted by atomic mass is 10.3. The molecule has 0 unspecified atom stereocenters. The van der Waals surface area contributed by atoms with E-state index in [1.807, 2.05) is 6.92 Å². The fourth-order valence-electron chi connectivity index (χ4n) is 1.49. The standard InChI is InChI=1S/C13H14ClN3O2/c1-8-7-12(17-16-8)15-13(18)9(2)19-11-6-4-3-5-10(11)14/h3-7,9H,1-2H3,(H2,15,16,17,18)/t9-/m0/s1. The van der Waals surface area contributed by atoms with Crippen molar-refractivity contribution in [2.24, 2.45) is 0 Å². The maximum absolute atomic E-state index is 11.9. The SMILES string of the molecule is Cc1cc(NC(=O)[C@H](C)Oc2ccccc2Cl)n[nH]1. The second kappa shape index (κ2) is 5.75. The van der Waals surface area contributed by atoms with E-state index in [2.05, 4.69) is 15.5 Å². The van der Waals surface area contributed by atoms with Crippen LogP contribution in [0, 0.1) is 6.92 Å². The smallest absolute Gasteiger partial charge is 0.266 e. The van der Waals surface area contributed by atoms with Gasteiger partial charge in [0.25, 0.3) is 5.91 Å². The highest BCUT2D eigenvalue weighted by atomic mass is 35.5. The van der Waals surface area contributed by atoms with E-state index in [-0.39, 0.29) is 5.91 Å². The molecule has 1 aromatic heterocycles. The molecule has 0 saturated carbocycles. The normalized spacial score (nSPS) is 11.9. The van der Waals surface area contributed by atoms with Gasteiger partial charge in [-0.2, -0.15) is 5.10 Å². The second-order valence-electron chi connectivity index (χ2n) is 4.12. The molecule has 100 valence electrons. The highest BCUT2D eigenvalue weighted by Crippen LogP contribution is 2.24. The molecule has 0 bridgehead atoms. The summed E-state index contributed by atoms with van der Waals surface area (Å²) < 4.78 is 5.50. The number of para-hydroxylation sites is 1. The Morgan fingerprint density at radius 3 is 2.84 bits per heavy atom. The number of aromatic nitrogens is 2. The average Bonchev–Trinajstić information content (AvgIpc) is 2.77. The molecule has 2 N–H and O–H groups in total. The number of aromatic amines is 1. The van der Waals surface area contributed by atoms with E-state index in [9.17, 15) is 4.79 Å². The number of anilines is 1. The third kappa shape index (κ3) is 3.48. The van der Waals surface area contributed by atoms with E-state index in [4.69, 9.17) is 16.3 Å². The minimum Gasteiger partial charge on any atom is -0.479 e. The van der Waals surface area contributed by atoms with Gasteiger partial charge in [-0.05, 0) is 26.0 Å². The molecule has 6 heteroatoms. The summed E-state index contributed by atoms with van der Waals surface area (Å²) in [6, 6.07) is 8.75. The molecule has 5 nitrogen and oxygen atoms in total. The number of H-pyrrole nitrogens is 1. The lowest BCUT2D eigenvalue weighted by Gasteiger charge is -2.14. The monoisotopic (exact) mass is 279 g/mol. The number of hydrogen-bond acceptors (Lipinski definition) is 3. The number of carbonyl (C=O) groups excluding carboxylic acids is 1. The average molecular weight is 280 g/mol. The zero-order chi connectivity index (χ0) is 13.8. The molecule has 0 radical (unpaired) electrons. The molecular weight excluding hydrogens is 266 g/mol. The third-order valence-corrected chi connectivity index (χ3v) is 2.78. The zero-order valence-electron chi connectivity index (χ0n) is 10.6. The summed E-state index contributed by atoms with van der Waals surface area (Å²) in [6.07, 6.45) is -0.670. The Labute approximate surface area is 115 Å². The van der Waals surface area contributed by atoms with Crippen molar-refractivity contribution >= 4 is 23.3 Å². The van der Waals surface area contributed by atoms with Crippen LogP contribution in [0.3, 0.4) is 0 Å². The Morgan fingerprint density at radius 1 is 1.47 bits per heavy atom. The van der Waals surface area contributed by atoms with Crippen LogP contribution in [0.1, 0.15) is 12.6 Å². The fraction of sp³-hybridized carbons (Fsp3) is 0.231. The van der Waals surface area contributed by atoms with Crippen molar-refractivity contribution < 1.29 is 9.53 Å². The van der Waals surface area contributed by atoms with Gasteiger partial charge in [0, 0.05) is 11.8 Å². The van der Waals surface area contributed by atoms with Crippen molar-refractivity contribution in [3.05, 3.63) is 41.0 Å². The quantitative estimate of drug-likeness (QED) is 0.904. The van der Waals surface area contributed by atoms with Crippen LogP contribution in [0.2, 0.25) is 5.02 Å². The van der Waals surface area contributed by atoms with Gasteiger partial charge in [0.2, 0.25) is 0 Å². The van der Waals surface area contributed by atoms with Gasteiger partial charge in [0.15, 0.2) is 11.9 Å². The van der Waals surface area contributed by atoms with Crippen molar-refractivity contribution in [1.82, 2.24) is 10.2 Å². The lowest BCUT2D eigenvalue weighted by molar-refractivity contribution is -0.122. The molecule has 0 saturated heterocycles. The van der Waals surface area contributed by atoms with Gasteiger partial charge in [-0.25, -0.2) is 0 Å². The summed E-state index contributed by atoms with van der Waals surface area (Å²) >= 11 is 5.96. The van der Waals surface area contributed by atoms with Gasteiger partial charge < -0.3 is 10.1 Å². The Hall–Kier alpha value is -2.01. The van der Waals surface area contributed by atoms with Crippen LogP contribution in [0.15, 0.2) is 30.3 Å². The summed E-state index contributed by atoms with van der Waals surface area (Å²) in [5.74, 6) is 0.661. The van der Waals surface area contributed by atoms with E-state index in [1.165, 1.54) is 0 Å². The van der Waals surface area contributed by atoms with E-state index < -0.39 is 6.10 Å². The third-order valence-electron chi connectivity index (χ3n) is 2.47. The summed E-state index contributed by atoms with van der Waals surface area (Å²) in [5, 5.41) is 9.79. The maximum Gasteiger partial charge on any atom is 0.266 e. The first kappa shape index (κ1) is 13.4. The van der Waals surface area contributed by atoms with Crippen LogP contribution in [-0.2, 0) is 4.79 Å². The number of hydrogen-bond donors (Lipinski definition) is 2. The van der Waals surface area contributed by atoms with Gasteiger partial charge in [0.05, 0.1) is 5.02 Å². The number of carbonyl (C=O) groups is 1. The molecule has 2 rings (SSSR count). The predicted molar refractivity (Wildman–Crippen MR) is 73.5 cm³/mol. The lowest BCUT2D eigenvalue weighted by Crippen LogP contribution is -2.30. The minimum atomic E-state index is -0.670. The summed E-state index contributed by atoms with van der Waals surface area (Å²) in [5.41, 5.74) is 0.870. The number of halogens is 1. The Bertz CT molecular complexity index is 583. The summed E-state index contributed by atoms with van der Waals surface area (Å²) in [6.45, 7) is 3.50. The van der Waals surface area contributed by atoms with Crippen molar-refractivity contribution in [3.63, 3.8) is 0 Å². The first-order chi connectivity index (χ1) is 9.06. The predicted octanol–water partition coefficient (Wildman–Crippen LogP) is 2.78. The van der Waals surface area contributed by atoms with Gasteiger partial charge in [0.1, 0.15) is 5.75 Å². The summed E-state index contributed by atoms with van der Waals surface area (Å²) in [4.78, 5) is 11.9. The molecule has 1 heterocycles. The molecule has 0 aliphatic heterocycles. The van der Waals surface area contributed by atoms with Crippen LogP contribution in [0.4, 0.5) is 5.82 Å². The molecule has 1 atom stereocenters. The van der Waals surface area contributed by atoms with Gasteiger partial charge in [-0.1, -0.05) is 23.7 Å². The molecule has 1 amide bonds. The molecule has 0 spiro atoms. The number of benzene rings is 1. The van der Waals surface area contributed by atoms with E-state index >= 15 is 0 Å². The van der Waals surface area contributed by atoms with Crippen LogP contribution < -0.4 is 10.1 Å². The molecule has 1 aromatic carbocycles.